The number of benzene rings is 3. The van der Waals surface area contributed by atoms with E-state index in [9.17, 15) is 48.7 Å². The van der Waals surface area contributed by atoms with Gasteiger partial charge in [-0.2, -0.15) is 39.5 Å². The second-order valence-electron chi connectivity index (χ2n) is 8.87. The quantitative estimate of drug-likeness (QED) is 0.212. The second kappa shape index (κ2) is 13.3. The Morgan fingerprint density at radius 2 is 1.53 bits per heavy atom. The zero-order chi connectivity index (χ0) is 32.0. The Bertz CT molecular complexity index is 1390. The summed E-state index contributed by atoms with van der Waals surface area (Å²) in [6.07, 6.45) is -14.7. The van der Waals surface area contributed by atoms with E-state index in [1.807, 2.05) is 0 Å². The average molecular weight is 628 g/mol. The summed E-state index contributed by atoms with van der Waals surface area (Å²) < 4.78 is 146. The lowest BCUT2D eigenvalue weighted by atomic mass is 9.77. The maximum absolute atomic E-state index is 14.9. The topological polar surface area (TPSA) is 68.8 Å². The first-order chi connectivity index (χ1) is 20.0. The molecule has 3 rings (SSSR count). The number of methoxy groups -OCH3 is 1. The van der Waals surface area contributed by atoms with Gasteiger partial charge in [-0.15, -0.1) is 0 Å². The highest BCUT2D eigenvalue weighted by Crippen LogP contribution is 2.41. The van der Waals surface area contributed by atoms with E-state index in [0.29, 0.717) is 23.8 Å². The summed E-state index contributed by atoms with van der Waals surface area (Å²) in [6, 6.07) is 10.9. The van der Waals surface area contributed by atoms with Gasteiger partial charge in [-0.05, 0) is 41.0 Å². The van der Waals surface area contributed by atoms with Gasteiger partial charge < -0.3 is 24.8 Å². The first-order valence-electron chi connectivity index (χ1n) is 12.0. The summed E-state index contributed by atoms with van der Waals surface area (Å²) in [5, 5.41) is 3.86. The van der Waals surface area contributed by atoms with Crippen LogP contribution in [-0.2, 0) is 12.0 Å². The zero-order valence-electron chi connectivity index (χ0n) is 21.8. The lowest BCUT2D eigenvalue weighted by Crippen LogP contribution is -2.53. The van der Waals surface area contributed by atoms with Crippen molar-refractivity contribution in [1.29, 1.82) is 0 Å². The van der Waals surface area contributed by atoms with Gasteiger partial charge >= 0.3 is 31.4 Å². The van der Waals surface area contributed by atoms with Crippen LogP contribution in [0.15, 0.2) is 66.7 Å². The van der Waals surface area contributed by atoms with Gasteiger partial charge in [0.2, 0.25) is 0 Å². The van der Waals surface area contributed by atoms with Crippen molar-refractivity contribution in [2.75, 3.05) is 13.7 Å². The molecule has 43 heavy (non-hydrogen) atoms. The van der Waals surface area contributed by atoms with Crippen LogP contribution in [-0.4, -0.2) is 45.0 Å². The number of alkyl halides is 9. The molecule has 0 saturated heterocycles. The van der Waals surface area contributed by atoms with Crippen LogP contribution in [0.4, 0.5) is 48.7 Å². The summed E-state index contributed by atoms with van der Waals surface area (Å²) in [4.78, 5) is 12.9. The van der Waals surface area contributed by atoms with Gasteiger partial charge in [0.1, 0.15) is 18.1 Å². The molecule has 1 atom stereocenters. The number of hydrogen-bond acceptors (Lipinski definition) is 4. The Kier molecular flexibility index (Phi) is 10.2. The molecule has 2 amide bonds. The first kappa shape index (κ1) is 33.1. The number of carbonyl (C=O) groups excluding carboxylic acids is 1. The van der Waals surface area contributed by atoms with Crippen LogP contribution in [0.2, 0.25) is 0 Å². The van der Waals surface area contributed by atoms with Gasteiger partial charge in [0.05, 0.1) is 12.6 Å². The Morgan fingerprint density at radius 3 is 2.12 bits per heavy atom. The monoisotopic (exact) mass is 628 g/mol. The minimum absolute atomic E-state index is 0.158. The van der Waals surface area contributed by atoms with Crippen molar-refractivity contribution >= 4 is 6.03 Å². The van der Waals surface area contributed by atoms with Crippen LogP contribution < -0.4 is 24.8 Å². The molecule has 0 radical (unpaired) electrons. The van der Waals surface area contributed by atoms with Crippen molar-refractivity contribution in [3.05, 3.63) is 89.2 Å². The molecule has 0 aliphatic rings. The van der Waals surface area contributed by atoms with E-state index in [-0.39, 0.29) is 11.3 Å². The van der Waals surface area contributed by atoms with E-state index in [1.165, 1.54) is 24.3 Å². The Balaban J connectivity index is 2.31. The van der Waals surface area contributed by atoms with Crippen LogP contribution in [0.3, 0.4) is 0 Å². The smallest absolute Gasteiger partial charge is 0.461 e. The van der Waals surface area contributed by atoms with Gasteiger partial charge in [0.15, 0.2) is 11.5 Å². The summed E-state index contributed by atoms with van der Waals surface area (Å²) in [7, 11) is 1.06. The lowest BCUT2D eigenvalue weighted by molar-refractivity contribution is -0.253. The average Bonchev–Trinajstić information content (AvgIpc) is 2.91. The molecule has 3 aromatic rings. The predicted molar refractivity (Wildman–Crippen MR) is 131 cm³/mol. The van der Waals surface area contributed by atoms with E-state index < -0.39 is 72.7 Å². The van der Waals surface area contributed by atoms with Crippen LogP contribution in [0.1, 0.15) is 16.7 Å². The molecular formula is C27H22F10N2O4. The lowest BCUT2D eigenvalue weighted by Gasteiger charge is -2.37. The summed E-state index contributed by atoms with van der Waals surface area (Å²) >= 11 is 0. The predicted octanol–water partition coefficient (Wildman–Crippen LogP) is 7.02. The van der Waals surface area contributed by atoms with Crippen molar-refractivity contribution in [2.24, 2.45) is 0 Å². The van der Waals surface area contributed by atoms with Gasteiger partial charge in [-0.1, -0.05) is 36.4 Å². The molecule has 234 valence electrons. The summed E-state index contributed by atoms with van der Waals surface area (Å²) in [5.74, 6) is -3.32. The maximum atomic E-state index is 14.9. The van der Waals surface area contributed by atoms with E-state index >= 15 is 0 Å². The molecular weight excluding hydrogens is 606 g/mol. The molecule has 0 fully saturated rings. The van der Waals surface area contributed by atoms with E-state index in [2.05, 4.69) is 14.8 Å². The van der Waals surface area contributed by atoms with Crippen LogP contribution in [0.5, 0.6) is 17.2 Å². The third-order valence-corrected chi connectivity index (χ3v) is 5.83. The van der Waals surface area contributed by atoms with E-state index in [4.69, 9.17) is 4.74 Å². The van der Waals surface area contributed by atoms with Gasteiger partial charge in [0, 0.05) is 12.5 Å². The molecule has 2 N–H and O–H groups in total. The van der Waals surface area contributed by atoms with Crippen molar-refractivity contribution in [2.45, 2.75) is 37.3 Å². The third-order valence-electron chi connectivity index (χ3n) is 5.83. The summed E-state index contributed by atoms with van der Waals surface area (Å²) in [6.45, 7) is -5.12. The minimum Gasteiger partial charge on any atom is -0.493 e. The number of ether oxygens (including phenoxy) is 3. The van der Waals surface area contributed by atoms with Crippen molar-refractivity contribution < 1.29 is 62.9 Å². The standard InChI is InChI=1S/C27H22F10N2O4/c1-41-21-11-16(7-8-20(21)42-23(31)32)25(13-15-5-3-2-4-6-15,39-24(40)38-14-26(33,34)35)17-9-18(28)12-19(10-17)43-27(36,37)22(29)30/h2-12,22-23H,13-14H2,1H3,(H2,38,39,40). The zero-order valence-corrected chi connectivity index (χ0v) is 21.8. The number of halogens is 10. The van der Waals surface area contributed by atoms with Crippen molar-refractivity contribution in [3.8, 4) is 17.2 Å². The molecule has 0 aromatic heterocycles. The molecule has 0 saturated carbocycles. The first-order valence-corrected chi connectivity index (χ1v) is 12.0. The molecule has 3 aromatic carbocycles. The normalized spacial score (nSPS) is 13.4. The van der Waals surface area contributed by atoms with Crippen molar-refractivity contribution in [1.82, 2.24) is 10.6 Å². The molecule has 0 heterocycles. The largest absolute Gasteiger partial charge is 0.493 e. The molecule has 0 aliphatic heterocycles. The number of nitrogens with one attached hydrogen (secondary N) is 2. The van der Waals surface area contributed by atoms with E-state index in [1.54, 1.807) is 11.4 Å². The van der Waals surface area contributed by atoms with Crippen LogP contribution in [0.25, 0.3) is 0 Å². The molecule has 16 heteroatoms. The van der Waals surface area contributed by atoms with Gasteiger partial charge in [-0.3, -0.25) is 0 Å². The third kappa shape index (κ3) is 8.81. The fourth-order valence-corrected chi connectivity index (χ4v) is 4.08. The minimum atomic E-state index is -5.08. The highest BCUT2D eigenvalue weighted by molar-refractivity contribution is 5.76. The Labute approximate surface area is 237 Å². The Morgan fingerprint density at radius 1 is 0.860 bits per heavy atom. The van der Waals surface area contributed by atoms with Gasteiger partial charge in [0.25, 0.3) is 0 Å². The summed E-state index contributed by atoms with van der Waals surface area (Å²) in [5.41, 5.74) is -2.49. The highest BCUT2D eigenvalue weighted by atomic mass is 19.4. The van der Waals surface area contributed by atoms with Crippen molar-refractivity contribution in [3.63, 3.8) is 0 Å². The molecule has 6 nitrogen and oxygen atoms in total. The fraction of sp³-hybridized carbons (Fsp3) is 0.296. The fourth-order valence-electron chi connectivity index (χ4n) is 4.08. The van der Waals surface area contributed by atoms with Crippen LogP contribution in [0, 0.1) is 5.82 Å². The van der Waals surface area contributed by atoms with Crippen LogP contribution >= 0.6 is 0 Å². The number of hydrogen-bond donors (Lipinski definition) is 2. The Hall–Kier alpha value is -4.37. The molecule has 0 bridgehead atoms. The van der Waals surface area contributed by atoms with E-state index in [0.717, 1.165) is 25.3 Å². The number of amides is 2. The number of urea groups is 1. The highest BCUT2D eigenvalue weighted by Gasteiger charge is 2.45. The molecule has 1 unspecified atom stereocenters. The maximum Gasteiger partial charge on any atom is 0.461 e. The van der Waals surface area contributed by atoms with Gasteiger partial charge in [-0.25, -0.2) is 9.18 Å². The number of carbonyl (C=O) groups is 1. The second-order valence-corrected chi connectivity index (χ2v) is 8.87. The molecule has 0 spiro atoms. The number of rotatable bonds is 12. The SMILES string of the molecule is COc1cc(C(Cc2ccccc2)(NC(=O)NCC(F)(F)F)c2cc(F)cc(OC(F)(F)C(F)F)c2)ccc1OC(F)F. The molecule has 0 aliphatic carbocycles.